The van der Waals surface area contributed by atoms with Gasteiger partial charge in [-0.2, -0.15) is 11.8 Å². The topological polar surface area (TPSA) is 136 Å². The van der Waals surface area contributed by atoms with Crippen LogP contribution < -0.4 is 21.3 Å². The van der Waals surface area contributed by atoms with E-state index in [1.165, 1.54) is 0 Å². The summed E-state index contributed by atoms with van der Waals surface area (Å²) in [6.45, 7) is 4.33. The van der Waals surface area contributed by atoms with Gasteiger partial charge in [0.15, 0.2) is 0 Å². The molecule has 4 atom stereocenters. The van der Waals surface area contributed by atoms with E-state index in [-0.39, 0.29) is 36.5 Å². The van der Waals surface area contributed by atoms with Gasteiger partial charge in [-0.3, -0.25) is 4.79 Å². The van der Waals surface area contributed by atoms with Crippen LogP contribution in [0.3, 0.4) is 0 Å². The lowest BCUT2D eigenvalue weighted by molar-refractivity contribution is -0.121. The minimum Gasteiger partial charge on any atom is -0.449 e. The highest BCUT2D eigenvalue weighted by Crippen LogP contribution is 2.43. The van der Waals surface area contributed by atoms with E-state index in [1.807, 2.05) is 36.0 Å². The van der Waals surface area contributed by atoms with E-state index in [2.05, 4.69) is 45.5 Å². The van der Waals surface area contributed by atoms with Crippen molar-refractivity contribution < 1.29 is 33.3 Å². The molecule has 2 aromatic rings. The first-order chi connectivity index (χ1) is 23.1. The highest BCUT2D eigenvalue weighted by molar-refractivity contribution is 8.00. The van der Waals surface area contributed by atoms with Gasteiger partial charge < -0.3 is 40.2 Å². The van der Waals surface area contributed by atoms with Gasteiger partial charge in [-0.25, -0.2) is 9.59 Å². The normalized spacial score (nSPS) is 19.2. The average molecular weight is 667 g/mol. The highest BCUT2D eigenvalue weighted by atomic mass is 32.2. The number of thioether (sulfide) groups is 1. The summed E-state index contributed by atoms with van der Waals surface area (Å²) < 4.78 is 22.2. The van der Waals surface area contributed by atoms with E-state index in [4.69, 9.17) is 18.9 Å². The van der Waals surface area contributed by atoms with Crippen LogP contribution in [-0.4, -0.2) is 100 Å². The standard InChI is InChI=1S/C35H46N4O7S/c40-32(14-6-5-13-31-33-30(24-47-31)38-34(41)39-33)36-15-7-17-43-19-21-45-22-20-44-18-8-16-37-35(42)46-23-29-27-11-3-1-9-25(27)26-10-2-4-12-28(26)29/h1,3-4,9,11-12,29-31,33H,5-8,13-24H2,(H,36,40)(H,37,42)(H2,38,39,41)/t29?,30-,31-,33-/m0/s1. The molecule has 4 N–H and O–H groups in total. The molecule has 254 valence electrons. The van der Waals surface area contributed by atoms with Crippen molar-refractivity contribution in [1.29, 1.82) is 0 Å². The number of fused-ring (bicyclic) bond motifs is 4. The summed E-state index contributed by atoms with van der Waals surface area (Å²) >= 11 is 1.91. The zero-order valence-electron chi connectivity index (χ0n) is 26.9. The number of urea groups is 1. The van der Waals surface area contributed by atoms with Gasteiger partial charge >= 0.3 is 12.1 Å². The second-order valence-electron chi connectivity index (χ2n) is 11.9. The number of unbranched alkanes of at least 4 members (excludes halogenated alkanes) is 1. The van der Waals surface area contributed by atoms with Crippen LogP contribution in [0.5, 0.6) is 0 Å². The van der Waals surface area contributed by atoms with Crippen molar-refractivity contribution in [3.8, 4) is 11.1 Å². The molecule has 2 aromatic carbocycles. The monoisotopic (exact) mass is 666 g/mol. The predicted octanol–water partition coefficient (Wildman–Crippen LogP) is 3.80. The van der Waals surface area contributed by atoms with Crippen molar-refractivity contribution in [2.75, 3.05) is 65.1 Å². The Balaban J connectivity index is 0.765. The fourth-order valence-corrected chi connectivity index (χ4v) is 7.71. The Bertz CT molecular complexity index is 1270. The Morgan fingerprint density at radius 1 is 0.872 bits per heavy atom. The molecule has 0 spiro atoms. The molecule has 2 aliphatic heterocycles. The summed E-state index contributed by atoms with van der Waals surface area (Å²) in [5, 5.41) is 12.1. The van der Waals surface area contributed by atoms with Crippen LogP contribution in [-0.2, 0) is 23.7 Å². The van der Waals surface area contributed by atoms with Crippen molar-refractivity contribution in [3.63, 3.8) is 0 Å². The predicted molar refractivity (Wildman–Crippen MR) is 179 cm³/mol. The summed E-state index contributed by atoms with van der Waals surface area (Å²) in [6.07, 6.45) is 4.38. The molecule has 1 unspecified atom stereocenters. The van der Waals surface area contributed by atoms with Crippen LogP contribution in [0.1, 0.15) is 55.6 Å². The minimum absolute atomic E-state index is 0.00152. The minimum atomic E-state index is -0.434. The van der Waals surface area contributed by atoms with E-state index in [9.17, 15) is 14.4 Å². The maximum atomic E-state index is 12.2. The number of benzene rings is 1. The fraction of sp³-hybridized carbons (Fsp3) is 0.571. The van der Waals surface area contributed by atoms with E-state index in [0.717, 1.165) is 53.7 Å². The summed E-state index contributed by atoms with van der Waals surface area (Å²) in [6, 6.07) is 18.6. The number of carbonyl (C=O) groups is 3. The molecule has 0 saturated carbocycles. The van der Waals surface area contributed by atoms with Gasteiger partial charge in [-0.05, 0) is 54.5 Å². The summed E-state index contributed by atoms with van der Waals surface area (Å²) in [5.74, 6) is 1.04. The quantitative estimate of drug-likeness (QED) is 0.117. The third-order valence-corrected chi connectivity index (χ3v) is 10.0. The lowest BCUT2D eigenvalue weighted by Crippen LogP contribution is -2.36. The molecule has 2 fully saturated rings. The highest BCUT2D eigenvalue weighted by Gasteiger charge is 2.42. The molecule has 3 aliphatic rings. The Kier molecular flexibility index (Phi) is 13.9. The first-order valence-corrected chi connectivity index (χ1v) is 17.8. The SMILES string of the molecule is O=C(CCCC[C@@H]1SC[C@@H]2NC(=O)N[C@@H]21)NCCCOCCOCCOCCCNC(=O)OCC1c2ccc#cc2-c2ccccc21. The fourth-order valence-electron chi connectivity index (χ4n) is 6.17. The molecular weight excluding hydrogens is 620 g/mol. The molecular formula is C35H46N4O7S. The molecule has 5 rings (SSSR count). The van der Waals surface area contributed by atoms with Crippen molar-refractivity contribution in [2.24, 2.45) is 0 Å². The molecule has 2 saturated heterocycles. The van der Waals surface area contributed by atoms with Gasteiger partial charge in [0.25, 0.3) is 0 Å². The van der Waals surface area contributed by atoms with Gasteiger partial charge in [0.05, 0.1) is 38.5 Å². The molecule has 12 heteroatoms. The van der Waals surface area contributed by atoms with Crippen LogP contribution in [0.4, 0.5) is 9.59 Å². The lowest BCUT2D eigenvalue weighted by atomic mass is 9.98. The van der Waals surface area contributed by atoms with Crippen molar-refractivity contribution in [1.82, 2.24) is 21.3 Å². The van der Waals surface area contributed by atoms with Crippen molar-refractivity contribution in [3.05, 3.63) is 59.7 Å². The number of amides is 4. The van der Waals surface area contributed by atoms with E-state index in [1.54, 1.807) is 0 Å². The van der Waals surface area contributed by atoms with Gasteiger partial charge in [0, 0.05) is 55.2 Å². The van der Waals surface area contributed by atoms with Crippen LogP contribution in [0.2, 0.25) is 0 Å². The van der Waals surface area contributed by atoms with Crippen LogP contribution in [0, 0.1) is 12.1 Å². The maximum Gasteiger partial charge on any atom is 0.407 e. The number of rotatable bonds is 21. The van der Waals surface area contributed by atoms with E-state index in [0.29, 0.717) is 70.8 Å². The van der Waals surface area contributed by atoms with Crippen LogP contribution in [0.15, 0.2) is 36.4 Å². The average Bonchev–Trinajstić information content (AvgIpc) is 3.74. The Labute approximate surface area is 281 Å². The number of hydrogen-bond acceptors (Lipinski definition) is 8. The van der Waals surface area contributed by atoms with Gasteiger partial charge in [0.2, 0.25) is 5.91 Å². The van der Waals surface area contributed by atoms with Crippen LogP contribution >= 0.6 is 11.8 Å². The van der Waals surface area contributed by atoms with E-state index >= 15 is 0 Å². The number of ether oxygens (including phenoxy) is 4. The van der Waals surface area contributed by atoms with Crippen molar-refractivity contribution in [2.45, 2.75) is 61.8 Å². The number of carbonyl (C=O) groups excluding carboxylic acids is 3. The lowest BCUT2D eigenvalue weighted by Gasteiger charge is -2.16. The smallest absolute Gasteiger partial charge is 0.407 e. The van der Waals surface area contributed by atoms with Crippen LogP contribution in [0.25, 0.3) is 11.1 Å². The van der Waals surface area contributed by atoms with Gasteiger partial charge in [-0.15, -0.1) is 0 Å². The largest absolute Gasteiger partial charge is 0.449 e. The number of nitrogens with one attached hydrogen (secondary N) is 4. The second-order valence-corrected chi connectivity index (χ2v) is 13.1. The number of hydrogen-bond donors (Lipinski definition) is 4. The third kappa shape index (κ3) is 10.5. The molecule has 0 radical (unpaired) electrons. The third-order valence-electron chi connectivity index (χ3n) is 8.54. The second kappa shape index (κ2) is 18.7. The molecule has 4 amide bonds. The summed E-state index contributed by atoms with van der Waals surface area (Å²) in [5.41, 5.74) is 4.40. The molecule has 0 bridgehead atoms. The van der Waals surface area contributed by atoms with Crippen molar-refractivity contribution >= 4 is 29.8 Å². The first kappa shape index (κ1) is 34.8. The molecule has 11 nitrogen and oxygen atoms in total. The summed E-state index contributed by atoms with van der Waals surface area (Å²) in [7, 11) is 0. The summed E-state index contributed by atoms with van der Waals surface area (Å²) in [4.78, 5) is 35.8. The zero-order valence-corrected chi connectivity index (χ0v) is 27.7. The number of alkyl carbamates (subject to hydrolysis) is 1. The zero-order chi connectivity index (χ0) is 32.7. The molecule has 1 aliphatic carbocycles. The molecule has 47 heavy (non-hydrogen) atoms. The Morgan fingerprint density at radius 3 is 2.43 bits per heavy atom. The molecule has 0 aromatic heterocycles. The van der Waals surface area contributed by atoms with Gasteiger partial charge in [0.1, 0.15) is 6.61 Å². The Morgan fingerprint density at radius 2 is 1.62 bits per heavy atom. The molecule has 2 heterocycles. The van der Waals surface area contributed by atoms with E-state index < -0.39 is 6.09 Å². The Hall–Kier alpha value is -3.50. The van der Waals surface area contributed by atoms with Gasteiger partial charge in [-0.1, -0.05) is 42.8 Å². The first-order valence-electron chi connectivity index (χ1n) is 16.7. The maximum absolute atomic E-state index is 12.2.